The van der Waals surface area contributed by atoms with Gasteiger partial charge >= 0.3 is 0 Å². The fraction of sp³-hybridized carbons (Fsp3) is 0. The van der Waals surface area contributed by atoms with Crippen LogP contribution in [0.1, 0.15) is 10.4 Å². The van der Waals surface area contributed by atoms with Crippen LogP contribution in [0.5, 0.6) is 0 Å². The summed E-state index contributed by atoms with van der Waals surface area (Å²) in [7, 11) is 0. The highest BCUT2D eigenvalue weighted by molar-refractivity contribution is 6.05. The van der Waals surface area contributed by atoms with Crippen molar-refractivity contribution < 1.29 is 9.18 Å². The minimum Gasteiger partial charge on any atom is -0.366 e. The highest BCUT2D eigenvalue weighted by Gasteiger charge is 2.18. The van der Waals surface area contributed by atoms with Crippen molar-refractivity contribution in [3.8, 4) is 11.1 Å². The zero-order chi connectivity index (χ0) is 15.3. The van der Waals surface area contributed by atoms with Gasteiger partial charge in [0, 0.05) is 30.2 Å². The number of carbonyl (C=O) groups excluding carboxylic acids is 1. The Hall–Kier alpha value is -3.22. The molecule has 0 aliphatic carbocycles. The second-order valence-corrected chi connectivity index (χ2v) is 4.88. The van der Waals surface area contributed by atoms with E-state index in [9.17, 15) is 9.18 Å². The van der Waals surface area contributed by atoms with E-state index < -0.39 is 11.7 Å². The third kappa shape index (κ3) is 1.69. The molecule has 0 spiro atoms. The molecular weight excluding hydrogens is 285 g/mol. The summed E-state index contributed by atoms with van der Waals surface area (Å²) in [4.78, 5) is 20.0. The van der Waals surface area contributed by atoms with E-state index in [-0.39, 0.29) is 5.56 Å². The highest BCUT2D eigenvalue weighted by Crippen LogP contribution is 2.28. The Kier molecular flexibility index (Phi) is 2.50. The van der Waals surface area contributed by atoms with E-state index in [1.807, 2.05) is 12.1 Å². The molecule has 0 bridgehead atoms. The van der Waals surface area contributed by atoms with Gasteiger partial charge in [0.15, 0.2) is 5.65 Å². The molecule has 4 rings (SSSR count). The third-order valence-corrected chi connectivity index (χ3v) is 3.55. The second-order valence-electron chi connectivity index (χ2n) is 4.88. The number of nitrogens with two attached hydrogens (primary N) is 1. The minimum absolute atomic E-state index is 0.0885. The summed E-state index contributed by atoms with van der Waals surface area (Å²) < 4.78 is 15.3. The monoisotopic (exact) mass is 295 g/mol. The molecule has 1 amide bonds. The number of hydrogen-bond donors (Lipinski definition) is 2. The van der Waals surface area contributed by atoms with E-state index in [0.29, 0.717) is 16.7 Å². The van der Waals surface area contributed by atoms with Gasteiger partial charge in [-0.05, 0) is 23.8 Å². The van der Waals surface area contributed by atoms with Crippen molar-refractivity contribution in [2.24, 2.45) is 5.73 Å². The number of pyridine rings is 1. The Morgan fingerprint density at radius 3 is 2.77 bits per heavy atom. The van der Waals surface area contributed by atoms with Crippen LogP contribution >= 0.6 is 0 Å². The van der Waals surface area contributed by atoms with E-state index in [1.54, 1.807) is 23.1 Å². The zero-order valence-corrected chi connectivity index (χ0v) is 11.2. The lowest BCUT2D eigenvalue weighted by atomic mass is 10.1. The van der Waals surface area contributed by atoms with E-state index in [1.165, 1.54) is 6.07 Å². The number of carbonyl (C=O) groups is 1. The molecule has 0 aliphatic heterocycles. The first-order chi connectivity index (χ1) is 10.6. The molecule has 3 N–H and O–H groups in total. The minimum atomic E-state index is -0.702. The van der Waals surface area contributed by atoms with Crippen LogP contribution in [0.4, 0.5) is 4.39 Å². The van der Waals surface area contributed by atoms with Crippen molar-refractivity contribution in [3.05, 3.63) is 54.2 Å². The molecular formula is C15H10FN5O. The lowest BCUT2D eigenvalue weighted by molar-refractivity contribution is 0.100. The number of H-pyrrole nitrogens is 1. The predicted octanol–water partition coefficient (Wildman–Crippen LogP) is 2.12. The zero-order valence-electron chi connectivity index (χ0n) is 11.2. The number of aromatic nitrogens is 4. The molecule has 0 radical (unpaired) electrons. The standard InChI is InChI=1S/C15H10FN5O/c16-9-5-10(14(17)22)13-12(6-9)20-15-11(7-19-21(13)15)8-1-3-18-4-2-8/h1-7,19H,(H2,17,22). The molecule has 3 heterocycles. The lowest BCUT2D eigenvalue weighted by Gasteiger charge is -1.99. The van der Waals surface area contributed by atoms with E-state index >= 15 is 0 Å². The molecule has 0 unspecified atom stereocenters. The predicted molar refractivity (Wildman–Crippen MR) is 78.8 cm³/mol. The van der Waals surface area contributed by atoms with E-state index in [4.69, 9.17) is 5.73 Å². The third-order valence-electron chi connectivity index (χ3n) is 3.55. The number of nitrogens with one attached hydrogen (secondary N) is 1. The second kappa shape index (κ2) is 4.39. The summed E-state index contributed by atoms with van der Waals surface area (Å²) in [5, 5.41) is 3.03. The van der Waals surface area contributed by atoms with Crippen LogP contribution in [0.25, 0.3) is 27.8 Å². The first kappa shape index (κ1) is 12.5. The normalized spacial score (nSPS) is 11.3. The Morgan fingerprint density at radius 2 is 2.05 bits per heavy atom. The van der Waals surface area contributed by atoms with Crippen LogP contribution < -0.4 is 5.73 Å². The highest BCUT2D eigenvalue weighted by atomic mass is 19.1. The number of halogens is 1. The molecule has 0 saturated heterocycles. The Balaban J connectivity index is 2.10. The lowest BCUT2D eigenvalue weighted by Crippen LogP contribution is -2.12. The van der Waals surface area contributed by atoms with Crippen LogP contribution in [0.2, 0.25) is 0 Å². The molecule has 0 saturated carbocycles. The Bertz CT molecular complexity index is 1020. The van der Waals surface area contributed by atoms with Crippen LogP contribution in [-0.4, -0.2) is 25.5 Å². The maximum Gasteiger partial charge on any atom is 0.251 e. The van der Waals surface area contributed by atoms with Gasteiger partial charge in [-0.2, -0.15) is 0 Å². The first-order valence-corrected chi connectivity index (χ1v) is 6.54. The van der Waals surface area contributed by atoms with Gasteiger partial charge in [-0.25, -0.2) is 13.9 Å². The molecule has 4 aromatic rings. The van der Waals surface area contributed by atoms with Gasteiger partial charge in [-0.1, -0.05) is 0 Å². The van der Waals surface area contributed by atoms with Crippen LogP contribution in [-0.2, 0) is 0 Å². The van der Waals surface area contributed by atoms with Crippen molar-refractivity contribution in [1.82, 2.24) is 19.6 Å². The summed E-state index contributed by atoms with van der Waals surface area (Å²) in [5.74, 6) is -1.25. The number of nitrogens with zero attached hydrogens (tertiary/aromatic N) is 3. The first-order valence-electron chi connectivity index (χ1n) is 6.54. The summed E-state index contributed by atoms with van der Waals surface area (Å²) in [5.41, 5.74) is 8.60. The molecule has 108 valence electrons. The van der Waals surface area contributed by atoms with Gasteiger partial charge in [-0.3, -0.25) is 14.9 Å². The van der Waals surface area contributed by atoms with Crippen LogP contribution in [0.15, 0.2) is 42.9 Å². The SMILES string of the molecule is NC(=O)c1cc(F)cc2nc3c(-c4ccncc4)c[nH]n3c12. The molecule has 6 nitrogen and oxygen atoms in total. The van der Waals surface area contributed by atoms with Gasteiger partial charge in [0.05, 0.1) is 11.1 Å². The Morgan fingerprint density at radius 1 is 1.27 bits per heavy atom. The largest absolute Gasteiger partial charge is 0.366 e. The number of rotatable bonds is 2. The fourth-order valence-corrected chi connectivity index (χ4v) is 2.61. The molecule has 7 heteroatoms. The Labute approximate surface area is 123 Å². The summed E-state index contributed by atoms with van der Waals surface area (Å²) in [6.45, 7) is 0. The smallest absolute Gasteiger partial charge is 0.251 e. The molecule has 0 atom stereocenters. The number of primary amides is 1. The van der Waals surface area contributed by atoms with Crippen molar-refractivity contribution in [1.29, 1.82) is 0 Å². The average Bonchev–Trinajstić information content (AvgIpc) is 3.05. The van der Waals surface area contributed by atoms with Gasteiger partial charge in [-0.15, -0.1) is 0 Å². The number of aromatic amines is 1. The molecule has 22 heavy (non-hydrogen) atoms. The van der Waals surface area contributed by atoms with E-state index in [0.717, 1.165) is 17.2 Å². The number of amides is 1. The average molecular weight is 295 g/mol. The quantitative estimate of drug-likeness (QED) is 0.593. The van der Waals surface area contributed by atoms with Gasteiger partial charge in [0.1, 0.15) is 11.3 Å². The maximum atomic E-state index is 13.6. The molecule has 0 aliphatic rings. The molecule has 1 aromatic carbocycles. The van der Waals surface area contributed by atoms with Crippen molar-refractivity contribution in [2.45, 2.75) is 0 Å². The van der Waals surface area contributed by atoms with Gasteiger partial charge in [0.2, 0.25) is 0 Å². The summed E-state index contributed by atoms with van der Waals surface area (Å²) in [6.07, 6.45) is 5.12. The number of fused-ring (bicyclic) bond motifs is 3. The topological polar surface area (TPSA) is 89.1 Å². The number of imidazole rings is 1. The number of benzene rings is 1. The van der Waals surface area contributed by atoms with Gasteiger partial charge in [0.25, 0.3) is 5.91 Å². The fourth-order valence-electron chi connectivity index (χ4n) is 2.61. The van der Waals surface area contributed by atoms with Gasteiger partial charge < -0.3 is 5.73 Å². The molecule has 3 aromatic heterocycles. The van der Waals surface area contributed by atoms with E-state index in [2.05, 4.69) is 15.1 Å². The van der Waals surface area contributed by atoms with Crippen molar-refractivity contribution in [3.63, 3.8) is 0 Å². The van der Waals surface area contributed by atoms with Crippen molar-refractivity contribution in [2.75, 3.05) is 0 Å². The summed E-state index contributed by atoms with van der Waals surface area (Å²) >= 11 is 0. The van der Waals surface area contributed by atoms with Crippen LogP contribution in [0, 0.1) is 5.82 Å². The maximum absolute atomic E-state index is 13.6. The molecule has 0 fully saturated rings. The van der Waals surface area contributed by atoms with Crippen molar-refractivity contribution >= 4 is 22.6 Å². The summed E-state index contributed by atoms with van der Waals surface area (Å²) in [6, 6.07) is 6.08. The van der Waals surface area contributed by atoms with Crippen LogP contribution in [0.3, 0.4) is 0 Å². The number of hydrogen-bond acceptors (Lipinski definition) is 3.